The maximum atomic E-state index is 12.6. The van der Waals surface area contributed by atoms with Gasteiger partial charge in [-0.15, -0.1) is 10.2 Å². The summed E-state index contributed by atoms with van der Waals surface area (Å²) in [6.07, 6.45) is 0.598. The third kappa shape index (κ3) is 6.15. The summed E-state index contributed by atoms with van der Waals surface area (Å²) in [5.74, 6) is 1.02. The number of amides is 1. The summed E-state index contributed by atoms with van der Waals surface area (Å²) < 4.78 is 11.2. The minimum atomic E-state index is -0.0741. The van der Waals surface area contributed by atoms with Crippen LogP contribution in [-0.2, 0) is 22.5 Å². The van der Waals surface area contributed by atoms with E-state index in [2.05, 4.69) is 20.4 Å². The molecule has 1 saturated heterocycles. The molecule has 0 saturated carbocycles. The van der Waals surface area contributed by atoms with Crippen molar-refractivity contribution in [2.24, 2.45) is 0 Å². The summed E-state index contributed by atoms with van der Waals surface area (Å²) in [5, 5.41) is 11.2. The fraction of sp³-hybridized carbons (Fsp3) is 0.375. The molecule has 1 aliphatic rings. The van der Waals surface area contributed by atoms with E-state index >= 15 is 0 Å². The fourth-order valence-electron chi connectivity index (χ4n) is 3.65. The zero-order valence-electron chi connectivity index (χ0n) is 18.4. The van der Waals surface area contributed by atoms with Gasteiger partial charge in [-0.3, -0.25) is 9.69 Å². The molecule has 3 aromatic rings. The average molecular weight is 436 g/mol. The van der Waals surface area contributed by atoms with Crippen LogP contribution in [0.5, 0.6) is 0 Å². The normalized spacial score (nSPS) is 14.0. The number of nitrogens with one attached hydrogen (secondary N) is 1. The van der Waals surface area contributed by atoms with Gasteiger partial charge in [0.15, 0.2) is 0 Å². The Hall–Kier alpha value is -3.23. The Bertz CT molecular complexity index is 984. The summed E-state index contributed by atoms with van der Waals surface area (Å²) in [5.41, 5.74) is 3.05. The van der Waals surface area contributed by atoms with Gasteiger partial charge in [0.25, 0.3) is 0 Å². The van der Waals surface area contributed by atoms with E-state index in [9.17, 15) is 4.79 Å². The fourth-order valence-corrected chi connectivity index (χ4v) is 3.65. The Morgan fingerprint density at radius 3 is 2.47 bits per heavy atom. The molecule has 0 spiro atoms. The van der Waals surface area contributed by atoms with E-state index in [1.54, 1.807) is 0 Å². The second-order valence-electron chi connectivity index (χ2n) is 7.75. The molecule has 1 aliphatic heterocycles. The van der Waals surface area contributed by atoms with Gasteiger partial charge in [-0.2, -0.15) is 0 Å². The lowest BCUT2D eigenvalue weighted by Crippen LogP contribution is -2.36. The van der Waals surface area contributed by atoms with Gasteiger partial charge in [-0.25, -0.2) is 0 Å². The van der Waals surface area contributed by atoms with Crippen LogP contribution in [0.25, 0.3) is 0 Å². The molecule has 4 rings (SSSR count). The van der Waals surface area contributed by atoms with Gasteiger partial charge in [0.05, 0.1) is 32.7 Å². The number of carbonyl (C=O) groups is 1. The van der Waals surface area contributed by atoms with Gasteiger partial charge < -0.3 is 19.4 Å². The number of likely N-dealkylation sites (N-methyl/N-ethyl adjacent to an activating group) is 1. The molecule has 8 nitrogen and oxygen atoms in total. The topological polar surface area (TPSA) is 83.7 Å². The van der Waals surface area contributed by atoms with Gasteiger partial charge in [-0.1, -0.05) is 37.3 Å². The molecule has 168 valence electrons. The van der Waals surface area contributed by atoms with E-state index in [0.717, 1.165) is 43.2 Å². The number of anilines is 2. The number of carbonyl (C=O) groups excluding carboxylic acids is 1. The van der Waals surface area contributed by atoms with Crippen LogP contribution in [0.3, 0.4) is 0 Å². The minimum absolute atomic E-state index is 0.0741. The maximum Gasteiger partial charge on any atom is 0.238 e. The number of rotatable bonds is 9. The van der Waals surface area contributed by atoms with E-state index in [4.69, 9.17) is 9.15 Å². The molecule has 8 heteroatoms. The Kier molecular flexibility index (Phi) is 7.47. The van der Waals surface area contributed by atoms with E-state index in [-0.39, 0.29) is 12.5 Å². The van der Waals surface area contributed by atoms with Crippen molar-refractivity contribution in [2.45, 2.75) is 19.9 Å². The van der Waals surface area contributed by atoms with Crippen molar-refractivity contribution in [1.29, 1.82) is 0 Å². The first-order valence-electron chi connectivity index (χ1n) is 11.0. The van der Waals surface area contributed by atoms with Gasteiger partial charge in [-0.05, 0) is 36.4 Å². The first-order valence-corrected chi connectivity index (χ1v) is 11.0. The molecule has 1 fully saturated rings. The Labute approximate surface area is 188 Å². The van der Waals surface area contributed by atoms with E-state index in [1.807, 2.05) is 66.4 Å². The molecule has 0 atom stereocenters. The number of hydrogen-bond donors (Lipinski definition) is 1. The van der Waals surface area contributed by atoms with Gasteiger partial charge in [0.2, 0.25) is 17.7 Å². The lowest BCUT2D eigenvalue weighted by atomic mass is 10.2. The standard InChI is InChI=1S/C24H29N5O3/c1-2-28(18-24-27-26-23(32-24)16-19-6-4-3-5-7-19)17-22(30)25-20-8-10-21(11-9-20)29-12-14-31-15-13-29/h3-11H,2,12-18H2,1H3,(H,25,30). The lowest BCUT2D eigenvalue weighted by Gasteiger charge is -2.28. The average Bonchev–Trinajstić information content (AvgIpc) is 3.27. The van der Waals surface area contributed by atoms with Crippen molar-refractivity contribution in [3.63, 3.8) is 0 Å². The van der Waals surface area contributed by atoms with Crippen LogP contribution in [-0.4, -0.2) is 60.4 Å². The molecular weight excluding hydrogens is 406 g/mol. The van der Waals surface area contributed by atoms with Crippen LogP contribution in [0.4, 0.5) is 11.4 Å². The first-order chi connectivity index (χ1) is 15.7. The van der Waals surface area contributed by atoms with Crippen molar-refractivity contribution >= 4 is 17.3 Å². The molecule has 1 amide bonds. The van der Waals surface area contributed by atoms with Gasteiger partial charge in [0.1, 0.15) is 0 Å². The number of benzene rings is 2. The highest BCUT2D eigenvalue weighted by molar-refractivity contribution is 5.92. The van der Waals surface area contributed by atoms with Crippen LogP contribution < -0.4 is 10.2 Å². The van der Waals surface area contributed by atoms with Crippen LogP contribution in [0.2, 0.25) is 0 Å². The van der Waals surface area contributed by atoms with Crippen molar-refractivity contribution < 1.29 is 13.9 Å². The molecule has 1 aromatic heterocycles. The molecule has 2 heterocycles. The van der Waals surface area contributed by atoms with Crippen LogP contribution in [0, 0.1) is 0 Å². The molecule has 0 aliphatic carbocycles. The SMILES string of the molecule is CCN(CC(=O)Nc1ccc(N2CCOCC2)cc1)Cc1nnc(Cc2ccccc2)o1. The van der Waals surface area contributed by atoms with E-state index in [0.29, 0.717) is 31.3 Å². The zero-order valence-corrected chi connectivity index (χ0v) is 18.4. The molecular formula is C24H29N5O3. The quantitative estimate of drug-likeness (QED) is 0.553. The molecule has 0 radical (unpaired) electrons. The van der Waals surface area contributed by atoms with Crippen LogP contribution in [0.1, 0.15) is 24.3 Å². The predicted molar refractivity (Wildman–Crippen MR) is 123 cm³/mol. The second-order valence-corrected chi connectivity index (χ2v) is 7.75. The third-order valence-corrected chi connectivity index (χ3v) is 5.41. The number of nitrogens with zero attached hydrogens (tertiary/aromatic N) is 4. The van der Waals surface area contributed by atoms with E-state index < -0.39 is 0 Å². The summed E-state index contributed by atoms with van der Waals surface area (Å²) in [6, 6.07) is 17.9. The second kappa shape index (κ2) is 10.9. The van der Waals surface area contributed by atoms with Crippen LogP contribution >= 0.6 is 0 Å². The van der Waals surface area contributed by atoms with Crippen LogP contribution in [0.15, 0.2) is 59.0 Å². The van der Waals surface area contributed by atoms with Gasteiger partial charge >= 0.3 is 0 Å². The first kappa shape index (κ1) is 22.0. The zero-order chi connectivity index (χ0) is 22.2. The Morgan fingerprint density at radius 1 is 1.03 bits per heavy atom. The number of hydrogen-bond acceptors (Lipinski definition) is 7. The molecule has 1 N–H and O–H groups in total. The van der Waals surface area contributed by atoms with Crippen molar-refractivity contribution in [2.75, 3.05) is 49.6 Å². The number of morpholine rings is 1. The highest BCUT2D eigenvalue weighted by atomic mass is 16.5. The minimum Gasteiger partial charge on any atom is -0.424 e. The summed E-state index contributed by atoms with van der Waals surface area (Å²) >= 11 is 0. The molecule has 2 aromatic carbocycles. The summed E-state index contributed by atoms with van der Waals surface area (Å²) in [7, 11) is 0. The summed E-state index contributed by atoms with van der Waals surface area (Å²) in [6.45, 7) is 6.66. The number of aromatic nitrogens is 2. The predicted octanol–water partition coefficient (Wildman–Crippen LogP) is 2.96. The largest absolute Gasteiger partial charge is 0.424 e. The van der Waals surface area contributed by atoms with E-state index in [1.165, 1.54) is 0 Å². The highest BCUT2D eigenvalue weighted by Crippen LogP contribution is 2.19. The third-order valence-electron chi connectivity index (χ3n) is 5.41. The molecule has 0 unspecified atom stereocenters. The van der Waals surface area contributed by atoms with Crippen molar-refractivity contribution in [3.8, 4) is 0 Å². The Balaban J connectivity index is 1.27. The van der Waals surface area contributed by atoms with Crippen molar-refractivity contribution in [1.82, 2.24) is 15.1 Å². The number of ether oxygens (including phenoxy) is 1. The lowest BCUT2D eigenvalue weighted by molar-refractivity contribution is -0.117. The highest BCUT2D eigenvalue weighted by Gasteiger charge is 2.15. The maximum absolute atomic E-state index is 12.6. The smallest absolute Gasteiger partial charge is 0.238 e. The molecule has 32 heavy (non-hydrogen) atoms. The molecule has 0 bridgehead atoms. The summed E-state index contributed by atoms with van der Waals surface area (Å²) in [4.78, 5) is 16.8. The van der Waals surface area contributed by atoms with Crippen molar-refractivity contribution in [3.05, 3.63) is 71.9 Å². The monoisotopic (exact) mass is 435 g/mol. The Morgan fingerprint density at radius 2 is 1.75 bits per heavy atom. The van der Waals surface area contributed by atoms with Gasteiger partial charge in [0, 0.05) is 24.5 Å².